The molecule has 25 heavy (non-hydrogen) atoms. The zero-order valence-electron chi connectivity index (χ0n) is 14.7. The molecule has 1 aliphatic carbocycles. The van der Waals surface area contributed by atoms with Gasteiger partial charge in [-0.15, -0.1) is 0 Å². The highest BCUT2D eigenvalue weighted by atomic mass is 35.5. The number of carbonyl (C=O) groups excluding carboxylic acids is 1. The van der Waals surface area contributed by atoms with Crippen molar-refractivity contribution in [3.8, 4) is 0 Å². The number of alkyl carbamates (subject to hydrolysis) is 1. The van der Waals surface area contributed by atoms with Crippen molar-refractivity contribution >= 4 is 23.4 Å². The summed E-state index contributed by atoms with van der Waals surface area (Å²) in [4.78, 5) is 25.6. The Labute approximate surface area is 152 Å². The number of anilines is 1. The number of H-pyrrole nitrogens is 1. The van der Waals surface area contributed by atoms with Crippen LogP contribution in [0.2, 0.25) is 5.02 Å². The summed E-state index contributed by atoms with van der Waals surface area (Å²) < 4.78 is 5.55. The van der Waals surface area contributed by atoms with Crippen molar-refractivity contribution in [3.05, 3.63) is 21.6 Å². The van der Waals surface area contributed by atoms with Crippen LogP contribution in [0.3, 0.4) is 0 Å². The van der Waals surface area contributed by atoms with Crippen LogP contribution in [0.25, 0.3) is 0 Å². The van der Waals surface area contributed by atoms with Crippen LogP contribution < -0.4 is 15.8 Å². The van der Waals surface area contributed by atoms with Crippen molar-refractivity contribution in [2.24, 2.45) is 5.41 Å². The van der Waals surface area contributed by atoms with Gasteiger partial charge in [-0.1, -0.05) is 25.4 Å². The van der Waals surface area contributed by atoms with E-state index in [9.17, 15) is 9.59 Å². The van der Waals surface area contributed by atoms with Gasteiger partial charge in [0.1, 0.15) is 11.1 Å². The molecule has 0 unspecified atom stereocenters. The average molecular weight is 369 g/mol. The summed E-state index contributed by atoms with van der Waals surface area (Å²) in [5.74, 6) is 0. The fraction of sp³-hybridized carbons (Fsp3) is 0.706. The van der Waals surface area contributed by atoms with Crippen molar-refractivity contribution in [2.45, 2.75) is 58.1 Å². The lowest BCUT2D eigenvalue weighted by atomic mass is 9.76. The molecule has 1 saturated carbocycles. The fourth-order valence-electron chi connectivity index (χ4n) is 3.53. The van der Waals surface area contributed by atoms with Gasteiger partial charge in [-0.3, -0.25) is 4.79 Å². The molecule has 1 aromatic rings. The van der Waals surface area contributed by atoms with E-state index in [1.165, 1.54) is 6.20 Å². The Balaban J connectivity index is 1.49. The van der Waals surface area contributed by atoms with Crippen molar-refractivity contribution in [3.63, 3.8) is 0 Å². The Bertz CT molecular complexity index is 681. The molecule has 2 aliphatic rings. The van der Waals surface area contributed by atoms with Crippen molar-refractivity contribution in [1.82, 2.24) is 15.5 Å². The number of carbonyl (C=O) groups is 1. The standard InChI is InChI=1S/C17H25ClN4O3/c1-17(2)6-3-11(4-7-17)20-16(24)25-12-5-8-22(10-12)13-9-19-21-15(23)14(13)18/h9,11-12H,3-8,10H2,1-2H3,(H,20,24)(H,21,23)/t12-/m1/s1. The molecule has 8 heteroatoms. The first-order valence-corrected chi connectivity index (χ1v) is 9.17. The van der Waals surface area contributed by atoms with E-state index >= 15 is 0 Å². The SMILES string of the molecule is CC1(C)CCC(NC(=O)O[C@@H]2CCN(c3cn[nH]c(=O)c3Cl)C2)CC1. The Hall–Kier alpha value is -1.76. The van der Waals surface area contributed by atoms with Gasteiger partial charge in [0.15, 0.2) is 0 Å². The van der Waals surface area contributed by atoms with Crippen molar-refractivity contribution < 1.29 is 9.53 Å². The molecule has 1 aliphatic heterocycles. The van der Waals surface area contributed by atoms with Gasteiger partial charge in [0.05, 0.1) is 18.4 Å². The van der Waals surface area contributed by atoms with Crippen LogP contribution in [0.1, 0.15) is 46.0 Å². The predicted molar refractivity (Wildman–Crippen MR) is 96.1 cm³/mol. The third-order valence-corrected chi connectivity index (χ3v) is 5.56. The quantitative estimate of drug-likeness (QED) is 0.856. The van der Waals surface area contributed by atoms with Gasteiger partial charge in [0, 0.05) is 19.0 Å². The second kappa shape index (κ2) is 7.23. The lowest BCUT2D eigenvalue weighted by molar-refractivity contribution is 0.0988. The monoisotopic (exact) mass is 368 g/mol. The minimum atomic E-state index is -0.415. The van der Waals surface area contributed by atoms with Crippen LogP contribution in [0, 0.1) is 5.41 Å². The highest BCUT2D eigenvalue weighted by molar-refractivity contribution is 6.33. The Morgan fingerprint density at radius 1 is 1.40 bits per heavy atom. The van der Waals surface area contributed by atoms with Gasteiger partial charge in [-0.2, -0.15) is 5.10 Å². The maximum Gasteiger partial charge on any atom is 0.407 e. The predicted octanol–water partition coefficient (Wildman–Crippen LogP) is 2.70. The Morgan fingerprint density at radius 2 is 2.12 bits per heavy atom. The summed E-state index contributed by atoms with van der Waals surface area (Å²) in [6.07, 6.45) is 5.87. The van der Waals surface area contributed by atoms with Crippen LogP contribution in [0.5, 0.6) is 0 Å². The van der Waals surface area contributed by atoms with Gasteiger partial charge >= 0.3 is 6.09 Å². The van der Waals surface area contributed by atoms with E-state index in [0.29, 0.717) is 30.6 Å². The van der Waals surface area contributed by atoms with E-state index in [2.05, 4.69) is 29.4 Å². The third kappa shape index (κ3) is 4.45. The van der Waals surface area contributed by atoms with Gasteiger partial charge in [-0.05, 0) is 31.1 Å². The normalized spacial score (nSPS) is 23.5. The lowest BCUT2D eigenvalue weighted by Gasteiger charge is -2.34. The molecule has 2 N–H and O–H groups in total. The van der Waals surface area contributed by atoms with E-state index < -0.39 is 5.56 Å². The third-order valence-electron chi connectivity index (χ3n) is 5.20. The maximum atomic E-state index is 12.1. The minimum absolute atomic E-state index is 0.116. The number of halogens is 1. The first kappa shape index (κ1) is 18.0. The highest BCUT2D eigenvalue weighted by Gasteiger charge is 2.30. The lowest BCUT2D eigenvalue weighted by Crippen LogP contribution is -2.41. The van der Waals surface area contributed by atoms with Crippen molar-refractivity contribution in [2.75, 3.05) is 18.0 Å². The Morgan fingerprint density at radius 3 is 2.84 bits per heavy atom. The van der Waals surface area contributed by atoms with Crippen LogP contribution in [-0.2, 0) is 4.74 Å². The topological polar surface area (TPSA) is 87.3 Å². The van der Waals surface area contributed by atoms with E-state index in [-0.39, 0.29) is 23.3 Å². The molecule has 138 valence electrons. The number of ether oxygens (including phenoxy) is 1. The second-order valence-electron chi connectivity index (χ2n) is 7.74. The van der Waals surface area contributed by atoms with E-state index in [1.54, 1.807) is 0 Å². The summed E-state index contributed by atoms with van der Waals surface area (Å²) in [7, 11) is 0. The number of hydrogen-bond acceptors (Lipinski definition) is 5. The van der Waals surface area contributed by atoms with Crippen LogP contribution in [0.15, 0.2) is 11.0 Å². The average Bonchev–Trinajstić information content (AvgIpc) is 3.00. The van der Waals surface area contributed by atoms with E-state index in [1.807, 2.05) is 4.90 Å². The molecule has 0 radical (unpaired) electrons. The molecule has 2 fully saturated rings. The summed E-state index contributed by atoms with van der Waals surface area (Å²) in [6.45, 7) is 5.71. The van der Waals surface area contributed by atoms with E-state index in [0.717, 1.165) is 25.7 Å². The van der Waals surface area contributed by atoms with Gasteiger partial charge < -0.3 is 15.0 Å². The smallest absolute Gasteiger partial charge is 0.407 e. The molecule has 3 rings (SSSR count). The minimum Gasteiger partial charge on any atom is -0.444 e. The van der Waals surface area contributed by atoms with Crippen molar-refractivity contribution in [1.29, 1.82) is 0 Å². The number of nitrogens with zero attached hydrogens (tertiary/aromatic N) is 2. The number of aromatic amines is 1. The molecule has 7 nitrogen and oxygen atoms in total. The Kier molecular flexibility index (Phi) is 5.22. The highest BCUT2D eigenvalue weighted by Crippen LogP contribution is 2.35. The summed E-state index contributed by atoms with van der Waals surface area (Å²) in [6, 6.07) is 0.198. The molecule has 2 heterocycles. The number of hydrogen-bond donors (Lipinski definition) is 2. The zero-order chi connectivity index (χ0) is 18.0. The molecule has 1 aromatic heterocycles. The summed E-state index contributed by atoms with van der Waals surface area (Å²) >= 11 is 6.03. The van der Waals surface area contributed by atoms with Crippen LogP contribution in [0.4, 0.5) is 10.5 Å². The molecule has 1 amide bonds. The molecule has 1 saturated heterocycles. The number of rotatable bonds is 3. The molecule has 0 spiro atoms. The van der Waals surface area contributed by atoms with E-state index in [4.69, 9.17) is 16.3 Å². The number of amides is 1. The second-order valence-corrected chi connectivity index (χ2v) is 8.12. The summed E-state index contributed by atoms with van der Waals surface area (Å²) in [5.41, 5.74) is 0.530. The molecular weight excluding hydrogens is 344 g/mol. The van der Waals surface area contributed by atoms with Crippen LogP contribution >= 0.6 is 11.6 Å². The molecule has 1 atom stereocenters. The van der Waals surface area contributed by atoms with Gasteiger partial charge in [-0.25, -0.2) is 9.89 Å². The molecule has 0 bridgehead atoms. The zero-order valence-corrected chi connectivity index (χ0v) is 15.4. The molecular formula is C17H25ClN4O3. The fourth-order valence-corrected chi connectivity index (χ4v) is 3.74. The van der Waals surface area contributed by atoms with Gasteiger partial charge in [0.2, 0.25) is 0 Å². The largest absolute Gasteiger partial charge is 0.444 e. The first-order chi connectivity index (χ1) is 11.8. The molecule has 0 aromatic carbocycles. The first-order valence-electron chi connectivity index (χ1n) is 8.79. The van der Waals surface area contributed by atoms with Crippen LogP contribution in [-0.4, -0.2) is 41.5 Å². The summed E-state index contributed by atoms with van der Waals surface area (Å²) in [5, 5.41) is 9.18. The maximum absolute atomic E-state index is 12.1. The number of nitrogens with one attached hydrogen (secondary N) is 2. The number of aromatic nitrogens is 2. The van der Waals surface area contributed by atoms with Gasteiger partial charge in [0.25, 0.3) is 5.56 Å².